The fraction of sp³-hybridized carbons (Fsp3) is 0.889. The third-order valence-corrected chi connectivity index (χ3v) is 4.54. The molecule has 0 aromatic rings. The third kappa shape index (κ3) is 2.25. The highest BCUT2D eigenvalue weighted by Crippen LogP contribution is 2.25. The number of hydrogen-bond acceptors (Lipinski definition) is 3. The van der Waals surface area contributed by atoms with Gasteiger partial charge in [-0.15, -0.1) is 0 Å². The molecule has 0 N–H and O–H groups in total. The second-order valence-electron chi connectivity index (χ2n) is 3.87. The molecule has 2 unspecified atom stereocenters. The Kier molecular flexibility index (Phi) is 3.51. The van der Waals surface area contributed by atoms with E-state index in [4.69, 9.17) is 5.26 Å². The zero-order valence-corrected chi connectivity index (χ0v) is 9.42. The Balaban J connectivity index is 2.89. The van der Waals surface area contributed by atoms with Crippen LogP contribution in [0.15, 0.2) is 0 Å². The van der Waals surface area contributed by atoms with E-state index in [0.717, 1.165) is 19.3 Å². The van der Waals surface area contributed by atoms with Crippen molar-refractivity contribution in [2.24, 2.45) is 0 Å². The highest BCUT2D eigenvalue weighted by molar-refractivity contribution is 7.89. The summed E-state index contributed by atoms with van der Waals surface area (Å²) in [5.74, 6) is -0.401. The highest BCUT2D eigenvalue weighted by Gasteiger charge is 2.33. The van der Waals surface area contributed by atoms with Crippen LogP contribution in [0, 0.1) is 11.3 Å². The first-order chi connectivity index (χ1) is 6.49. The molecule has 4 nitrogen and oxygen atoms in total. The normalized spacial score (nSPS) is 29.8. The zero-order valence-electron chi connectivity index (χ0n) is 8.60. The lowest BCUT2D eigenvalue weighted by Crippen LogP contribution is -2.48. The van der Waals surface area contributed by atoms with Gasteiger partial charge in [-0.3, -0.25) is 0 Å². The SMILES string of the molecule is CC1CCCC(C)N1S(=O)(=O)CC#N. The van der Waals surface area contributed by atoms with Crippen molar-refractivity contribution in [3.05, 3.63) is 0 Å². The lowest BCUT2D eigenvalue weighted by atomic mass is 10.0. The molecule has 1 rings (SSSR count). The number of hydrogen-bond donors (Lipinski definition) is 0. The number of piperidine rings is 1. The van der Waals surface area contributed by atoms with E-state index in [1.165, 1.54) is 4.31 Å². The number of nitriles is 1. The molecule has 14 heavy (non-hydrogen) atoms. The van der Waals surface area contributed by atoms with Gasteiger partial charge in [0, 0.05) is 12.1 Å². The summed E-state index contributed by atoms with van der Waals surface area (Å²) >= 11 is 0. The summed E-state index contributed by atoms with van der Waals surface area (Å²) in [6.45, 7) is 3.81. The molecule has 80 valence electrons. The smallest absolute Gasteiger partial charge is 0.211 e. The number of rotatable bonds is 2. The first kappa shape index (κ1) is 11.5. The van der Waals surface area contributed by atoms with Crippen molar-refractivity contribution < 1.29 is 8.42 Å². The van der Waals surface area contributed by atoms with Crippen LogP contribution in [0.1, 0.15) is 33.1 Å². The predicted molar refractivity (Wildman–Crippen MR) is 54.0 cm³/mol. The van der Waals surface area contributed by atoms with Crippen LogP contribution < -0.4 is 0 Å². The summed E-state index contributed by atoms with van der Waals surface area (Å²) in [5.41, 5.74) is 0. The standard InChI is InChI=1S/C9H16N2O2S/c1-8-4-3-5-9(2)11(8)14(12,13)7-6-10/h8-9H,3-5,7H2,1-2H3. The second-order valence-corrected chi connectivity index (χ2v) is 5.75. The maximum absolute atomic E-state index is 11.7. The van der Waals surface area contributed by atoms with Crippen LogP contribution >= 0.6 is 0 Å². The van der Waals surface area contributed by atoms with Crippen molar-refractivity contribution in [3.8, 4) is 6.07 Å². The topological polar surface area (TPSA) is 61.2 Å². The van der Waals surface area contributed by atoms with Gasteiger partial charge < -0.3 is 0 Å². The van der Waals surface area contributed by atoms with E-state index in [1.54, 1.807) is 6.07 Å². The van der Waals surface area contributed by atoms with Crippen molar-refractivity contribution in [2.45, 2.75) is 45.2 Å². The Labute approximate surface area is 85.6 Å². The molecule has 0 aliphatic carbocycles. The van der Waals surface area contributed by atoms with Gasteiger partial charge in [-0.2, -0.15) is 9.57 Å². The Bertz CT molecular complexity index is 321. The summed E-state index contributed by atoms with van der Waals surface area (Å²) < 4.78 is 24.9. The largest absolute Gasteiger partial charge is 0.228 e. The minimum absolute atomic E-state index is 0.0390. The maximum atomic E-state index is 11.7. The summed E-state index contributed by atoms with van der Waals surface area (Å²) in [6, 6.07) is 1.79. The Morgan fingerprint density at radius 1 is 1.36 bits per heavy atom. The van der Waals surface area contributed by atoms with Crippen LogP contribution in [0.25, 0.3) is 0 Å². The first-order valence-electron chi connectivity index (χ1n) is 4.87. The summed E-state index contributed by atoms with van der Waals surface area (Å²) in [4.78, 5) is 0. The summed E-state index contributed by atoms with van der Waals surface area (Å²) in [5, 5.41) is 8.45. The van der Waals surface area contributed by atoms with Crippen molar-refractivity contribution in [1.29, 1.82) is 5.26 Å². The van der Waals surface area contributed by atoms with Crippen LogP contribution in [0.5, 0.6) is 0 Å². The number of nitrogens with zero attached hydrogens (tertiary/aromatic N) is 2. The maximum Gasteiger partial charge on any atom is 0.228 e. The molecule has 2 atom stereocenters. The van der Waals surface area contributed by atoms with Gasteiger partial charge in [0.15, 0.2) is 5.75 Å². The molecule has 1 heterocycles. The van der Waals surface area contributed by atoms with Crippen LogP contribution in [0.4, 0.5) is 0 Å². The molecule has 5 heteroatoms. The van der Waals surface area contributed by atoms with Crippen molar-refractivity contribution >= 4 is 10.0 Å². The monoisotopic (exact) mass is 216 g/mol. The predicted octanol–water partition coefficient (Wildman–Crippen LogP) is 1.10. The lowest BCUT2D eigenvalue weighted by molar-refractivity contribution is 0.205. The molecular formula is C9H16N2O2S. The molecule has 1 saturated heterocycles. The van der Waals surface area contributed by atoms with Crippen LogP contribution in [-0.4, -0.2) is 30.6 Å². The second kappa shape index (κ2) is 4.28. The summed E-state index contributed by atoms with van der Waals surface area (Å²) in [6.07, 6.45) is 2.87. The molecule has 0 saturated carbocycles. The Morgan fingerprint density at radius 2 is 1.86 bits per heavy atom. The van der Waals surface area contributed by atoms with Gasteiger partial charge in [-0.25, -0.2) is 8.42 Å². The Morgan fingerprint density at radius 3 is 2.29 bits per heavy atom. The molecule has 1 aliphatic rings. The fourth-order valence-corrected chi connectivity index (χ4v) is 3.72. The molecule has 1 aliphatic heterocycles. The molecule has 0 aromatic carbocycles. The van der Waals surface area contributed by atoms with Crippen molar-refractivity contribution in [1.82, 2.24) is 4.31 Å². The minimum atomic E-state index is -3.36. The van der Waals surface area contributed by atoms with Gasteiger partial charge >= 0.3 is 0 Å². The van der Waals surface area contributed by atoms with E-state index in [1.807, 2.05) is 13.8 Å². The van der Waals surface area contributed by atoms with Crippen molar-refractivity contribution in [3.63, 3.8) is 0 Å². The molecule has 1 fully saturated rings. The third-order valence-electron chi connectivity index (χ3n) is 2.68. The van der Waals surface area contributed by atoms with Gasteiger partial charge in [0.05, 0.1) is 6.07 Å². The van der Waals surface area contributed by atoms with E-state index in [9.17, 15) is 8.42 Å². The van der Waals surface area contributed by atoms with Gasteiger partial charge in [0.25, 0.3) is 0 Å². The molecule has 0 radical (unpaired) electrons. The van der Waals surface area contributed by atoms with Crippen LogP contribution in [0.3, 0.4) is 0 Å². The fourth-order valence-electron chi connectivity index (χ4n) is 2.10. The van der Waals surface area contributed by atoms with Crippen molar-refractivity contribution in [2.75, 3.05) is 5.75 Å². The van der Waals surface area contributed by atoms with Gasteiger partial charge in [-0.1, -0.05) is 6.42 Å². The van der Waals surface area contributed by atoms with E-state index in [-0.39, 0.29) is 12.1 Å². The van der Waals surface area contributed by atoms with Gasteiger partial charge in [0.1, 0.15) is 0 Å². The highest BCUT2D eigenvalue weighted by atomic mass is 32.2. The first-order valence-corrected chi connectivity index (χ1v) is 6.48. The quantitative estimate of drug-likeness (QED) is 0.694. The van der Waals surface area contributed by atoms with Crippen LogP contribution in [0.2, 0.25) is 0 Å². The van der Waals surface area contributed by atoms with E-state index >= 15 is 0 Å². The van der Waals surface area contributed by atoms with E-state index in [2.05, 4.69) is 0 Å². The average Bonchev–Trinajstić information content (AvgIpc) is 2.02. The van der Waals surface area contributed by atoms with E-state index in [0.29, 0.717) is 0 Å². The lowest BCUT2D eigenvalue weighted by Gasteiger charge is -2.37. The molecule has 0 spiro atoms. The molecule has 0 amide bonds. The van der Waals surface area contributed by atoms with Gasteiger partial charge in [0.2, 0.25) is 10.0 Å². The molecule has 0 bridgehead atoms. The minimum Gasteiger partial charge on any atom is -0.211 e. The molecular weight excluding hydrogens is 200 g/mol. The van der Waals surface area contributed by atoms with E-state index < -0.39 is 15.8 Å². The van der Waals surface area contributed by atoms with Gasteiger partial charge in [-0.05, 0) is 26.7 Å². The van der Waals surface area contributed by atoms with Crippen LogP contribution in [-0.2, 0) is 10.0 Å². The summed E-state index contributed by atoms with van der Waals surface area (Å²) in [7, 11) is -3.36. The average molecular weight is 216 g/mol. The zero-order chi connectivity index (χ0) is 10.8. The molecule has 0 aromatic heterocycles. The number of sulfonamides is 1. The Hall–Kier alpha value is -0.600.